The molecule has 0 N–H and O–H groups in total. The summed E-state index contributed by atoms with van der Waals surface area (Å²) in [6, 6.07) is 9.32. The second kappa shape index (κ2) is 6.69. The van der Waals surface area contributed by atoms with E-state index in [4.69, 9.17) is 14.0 Å². The first kappa shape index (κ1) is 16.8. The van der Waals surface area contributed by atoms with Crippen molar-refractivity contribution >= 4 is 11.5 Å². The highest BCUT2D eigenvalue weighted by Crippen LogP contribution is 2.32. The zero-order chi connectivity index (χ0) is 17.0. The molecule has 1 aromatic carbocycles. The molecule has 0 unspecified atom stereocenters. The second-order valence-electron chi connectivity index (χ2n) is 6.13. The third-order valence-electron chi connectivity index (χ3n) is 3.38. The minimum atomic E-state index is -0.473. The zero-order valence-electron chi connectivity index (χ0n) is 14.0. The molecule has 2 aromatic rings. The van der Waals surface area contributed by atoms with Crippen LogP contribution in [0.3, 0.4) is 0 Å². The van der Waals surface area contributed by atoms with Crippen molar-refractivity contribution in [2.75, 3.05) is 14.2 Å². The Kier molecular flexibility index (Phi) is 4.89. The van der Waals surface area contributed by atoms with E-state index in [-0.39, 0.29) is 5.41 Å². The van der Waals surface area contributed by atoms with E-state index >= 15 is 0 Å². The number of rotatable bonds is 4. The number of ether oxygens (including phenoxy) is 2. The van der Waals surface area contributed by atoms with Crippen LogP contribution in [0, 0.1) is 0 Å². The molecule has 0 bridgehead atoms. The lowest BCUT2D eigenvalue weighted by Gasteiger charge is -2.12. The lowest BCUT2D eigenvalue weighted by molar-refractivity contribution is -0.133. The topological polar surface area (TPSA) is 61.6 Å². The first-order valence-corrected chi connectivity index (χ1v) is 7.26. The maximum absolute atomic E-state index is 12.0. The maximum Gasteiger partial charge on any atom is 0.341 e. The van der Waals surface area contributed by atoms with Crippen LogP contribution in [-0.4, -0.2) is 25.3 Å². The molecule has 122 valence electrons. The van der Waals surface area contributed by atoms with Gasteiger partial charge in [0.2, 0.25) is 0 Å². The van der Waals surface area contributed by atoms with E-state index in [1.807, 2.05) is 51.1 Å². The van der Waals surface area contributed by atoms with E-state index < -0.39 is 5.97 Å². The van der Waals surface area contributed by atoms with Gasteiger partial charge in [-0.15, -0.1) is 0 Å². The van der Waals surface area contributed by atoms with Crippen molar-refractivity contribution in [2.45, 2.75) is 26.2 Å². The molecule has 2 rings (SSSR count). The summed E-state index contributed by atoms with van der Waals surface area (Å²) in [5.74, 6) is 0.302. The molecule has 0 aliphatic carbocycles. The molecule has 5 heteroatoms. The van der Waals surface area contributed by atoms with E-state index in [0.29, 0.717) is 16.8 Å². The molecular weight excluding hydrogens is 294 g/mol. The lowest BCUT2D eigenvalue weighted by atomic mass is 9.92. The second-order valence-corrected chi connectivity index (χ2v) is 6.13. The van der Waals surface area contributed by atoms with Crippen LogP contribution in [-0.2, 0) is 19.7 Å². The quantitative estimate of drug-likeness (QED) is 0.488. The first-order chi connectivity index (χ1) is 10.9. The van der Waals surface area contributed by atoms with Crippen LogP contribution in [0.1, 0.15) is 32.1 Å². The van der Waals surface area contributed by atoms with E-state index in [1.165, 1.54) is 20.5 Å². The number of methoxy groups -OCH3 is 2. The molecule has 0 saturated heterocycles. The first-order valence-electron chi connectivity index (χ1n) is 7.26. The van der Waals surface area contributed by atoms with Gasteiger partial charge in [-0.25, -0.2) is 4.79 Å². The van der Waals surface area contributed by atoms with Crippen LogP contribution in [0.25, 0.3) is 16.8 Å². The third kappa shape index (κ3) is 3.62. The number of hydrogen-bond donors (Lipinski definition) is 0. The number of benzene rings is 1. The summed E-state index contributed by atoms with van der Waals surface area (Å²) in [4.78, 5) is 12.0. The van der Waals surface area contributed by atoms with Gasteiger partial charge in [-0.05, 0) is 0 Å². The van der Waals surface area contributed by atoms with Gasteiger partial charge >= 0.3 is 5.97 Å². The molecule has 0 fully saturated rings. The Hall–Kier alpha value is -2.56. The summed E-state index contributed by atoms with van der Waals surface area (Å²) in [6.07, 6.45) is 1.37. The van der Waals surface area contributed by atoms with Gasteiger partial charge in [0.1, 0.15) is 17.0 Å². The zero-order valence-corrected chi connectivity index (χ0v) is 14.0. The smallest absolute Gasteiger partial charge is 0.341 e. The summed E-state index contributed by atoms with van der Waals surface area (Å²) in [5.41, 5.74) is 2.30. The van der Waals surface area contributed by atoms with Gasteiger partial charge in [0, 0.05) is 22.6 Å². The van der Waals surface area contributed by atoms with Crippen molar-refractivity contribution < 1.29 is 18.8 Å². The largest absolute Gasteiger partial charge is 0.503 e. The molecule has 1 aromatic heterocycles. The highest BCUT2D eigenvalue weighted by molar-refractivity contribution is 6.17. The lowest BCUT2D eigenvalue weighted by Crippen LogP contribution is -2.09. The number of hydrogen-bond acceptors (Lipinski definition) is 5. The number of nitrogens with zero attached hydrogens (tertiary/aromatic N) is 1. The number of esters is 1. The van der Waals surface area contributed by atoms with Crippen LogP contribution >= 0.6 is 0 Å². The SMILES string of the molecule is CO/C=C(/C(=O)OC)c1ccccc1-c1cc(C(C)(C)C)on1. The fourth-order valence-corrected chi connectivity index (χ4v) is 2.15. The van der Waals surface area contributed by atoms with Crippen molar-refractivity contribution in [1.29, 1.82) is 0 Å². The Morgan fingerprint density at radius 2 is 1.91 bits per heavy atom. The van der Waals surface area contributed by atoms with Gasteiger partial charge in [0.05, 0.1) is 20.5 Å². The van der Waals surface area contributed by atoms with Crippen molar-refractivity contribution in [2.24, 2.45) is 0 Å². The molecule has 0 spiro atoms. The van der Waals surface area contributed by atoms with E-state index in [0.717, 1.165) is 11.3 Å². The Morgan fingerprint density at radius 1 is 1.22 bits per heavy atom. The van der Waals surface area contributed by atoms with Crippen LogP contribution in [0.4, 0.5) is 0 Å². The van der Waals surface area contributed by atoms with Crippen molar-refractivity contribution in [3.8, 4) is 11.3 Å². The molecular formula is C18H21NO4. The molecule has 23 heavy (non-hydrogen) atoms. The summed E-state index contributed by atoms with van der Waals surface area (Å²) >= 11 is 0. The Bertz CT molecular complexity index is 723. The molecule has 0 aliphatic heterocycles. The van der Waals surface area contributed by atoms with E-state index in [1.54, 1.807) is 0 Å². The highest BCUT2D eigenvalue weighted by Gasteiger charge is 2.23. The van der Waals surface area contributed by atoms with Gasteiger partial charge in [0.25, 0.3) is 0 Å². The Balaban J connectivity index is 2.55. The summed E-state index contributed by atoms with van der Waals surface area (Å²) in [7, 11) is 2.82. The highest BCUT2D eigenvalue weighted by atomic mass is 16.5. The van der Waals surface area contributed by atoms with Gasteiger partial charge in [0.15, 0.2) is 0 Å². The molecule has 5 nitrogen and oxygen atoms in total. The Labute approximate surface area is 135 Å². The number of carbonyl (C=O) groups excluding carboxylic acids is 1. The minimum Gasteiger partial charge on any atom is -0.503 e. The van der Waals surface area contributed by atoms with E-state index in [2.05, 4.69) is 5.16 Å². The summed E-state index contributed by atoms with van der Waals surface area (Å²) < 4.78 is 15.3. The average molecular weight is 315 g/mol. The van der Waals surface area contributed by atoms with Crippen molar-refractivity contribution in [1.82, 2.24) is 5.16 Å². The van der Waals surface area contributed by atoms with Gasteiger partial charge in [-0.3, -0.25) is 0 Å². The predicted octanol–water partition coefficient (Wildman–Crippen LogP) is 3.80. The van der Waals surface area contributed by atoms with Crippen LogP contribution in [0.2, 0.25) is 0 Å². The molecule has 0 saturated carbocycles. The predicted molar refractivity (Wildman–Crippen MR) is 87.6 cm³/mol. The van der Waals surface area contributed by atoms with Gasteiger partial charge < -0.3 is 14.0 Å². The monoisotopic (exact) mass is 315 g/mol. The van der Waals surface area contributed by atoms with Gasteiger partial charge in [-0.2, -0.15) is 0 Å². The summed E-state index contributed by atoms with van der Waals surface area (Å²) in [6.45, 7) is 6.15. The molecule has 1 heterocycles. The van der Waals surface area contributed by atoms with E-state index in [9.17, 15) is 4.79 Å². The number of aromatic nitrogens is 1. The molecule has 0 aliphatic rings. The third-order valence-corrected chi connectivity index (χ3v) is 3.38. The maximum atomic E-state index is 12.0. The van der Waals surface area contributed by atoms with Crippen LogP contribution in [0.15, 0.2) is 41.1 Å². The molecule has 0 radical (unpaired) electrons. The standard InChI is InChI=1S/C18H21NO4/c1-18(2,3)16-10-15(19-23-16)13-9-7-6-8-12(13)14(11-21-4)17(20)22-5/h6-11H,1-5H3/b14-11+. The fourth-order valence-electron chi connectivity index (χ4n) is 2.15. The van der Waals surface area contributed by atoms with Crippen LogP contribution < -0.4 is 0 Å². The average Bonchev–Trinajstić information content (AvgIpc) is 3.02. The molecule has 0 amide bonds. The van der Waals surface area contributed by atoms with Crippen molar-refractivity contribution in [3.05, 3.63) is 47.9 Å². The minimum absolute atomic E-state index is 0.145. The normalized spacial score (nSPS) is 12.1. The molecule has 0 atom stereocenters. The number of carbonyl (C=O) groups is 1. The fraction of sp³-hybridized carbons (Fsp3) is 0.333. The Morgan fingerprint density at radius 3 is 2.48 bits per heavy atom. The van der Waals surface area contributed by atoms with Crippen LogP contribution in [0.5, 0.6) is 0 Å². The summed E-state index contributed by atoms with van der Waals surface area (Å²) in [5, 5.41) is 4.15. The van der Waals surface area contributed by atoms with Gasteiger partial charge in [-0.1, -0.05) is 50.2 Å². The van der Waals surface area contributed by atoms with Crippen molar-refractivity contribution in [3.63, 3.8) is 0 Å².